The molecule has 0 bridgehead atoms. The highest BCUT2D eigenvalue weighted by Crippen LogP contribution is 2.53. The van der Waals surface area contributed by atoms with Gasteiger partial charge < -0.3 is 19.8 Å². The second-order valence-corrected chi connectivity index (χ2v) is 8.91. The number of likely N-dealkylation sites (tertiary alicyclic amines) is 1. The van der Waals surface area contributed by atoms with Gasteiger partial charge in [0.15, 0.2) is 5.54 Å². The summed E-state index contributed by atoms with van der Waals surface area (Å²) in [7, 11) is 3.79. The first kappa shape index (κ1) is 23.6. The lowest BCUT2D eigenvalue weighted by Gasteiger charge is -2.34. The Labute approximate surface area is 198 Å². The van der Waals surface area contributed by atoms with Gasteiger partial charge >= 0.3 is 0 Å². The van der Waals surface area contributed by atoms with Crippen molar-refractivity contribution >= 4 is 29.0 Å². The average Bonchev–Trinajstić information content (AvgIpc) is 3.18. The van der Waals surface area contributed by atoms with E-state index in [0.717, 1.165) is 6.07 Å². The van der Waals surface area contributed by atoms with E-state index in [2.05, 4.69) is 0 Å². The number of fused-ring (bicyclic) bond motifs is 2. The fourth-order valence-electron chi connectivity index (χ4n) is 4.91. The standard InChI is InChI=1S/C26H28FN3O4/c1-5-29-20-10-7-6-9-18(20)26(25(29)34)21(22(31)17-12-11-16(2)19(27)15-17)23(32)24(33)30(26)14-8-13-28(3)4/h6-7,9-12,15,31H,5,8,13-14H2,1-4H3. The number of benzene rings is 2. The number of carbonyl (C=O) groups excluding carboxylic acids is 3. The summed E-state index contributed by atoms with van der Waals surface area (Å²) < 4.78 is 14.3. The van der Waals surface area contributed by atoms with E-state index in [1.54, 1.807) is 38.1 Å². The van der Waals surface area contributed by atoms with E-state index in [0.29, 0.717) is 36.3 Å². The van der Waals surface area contributed by atoms with Crippen molar-refractivity contribution < 1.29 is 23.9 Å². The number of likely N-dealkylation sites (N-methyl/N-ethyl adjacent to an activating group) is 1. The number of aliphatic hydroxyl groups is 1. The topological polar surface area (TPSA) is 81.2 Å². The van der Waals surface area contributed by atoms with E-state index in [4.69, 9.17) is 0 Å². The lowest BCUT2D eigenvalue weighted by molar-refractivity contribution is -0.143. The molecule has 0 saturated carbocycles. The van der Waals surface area contributed by atoms with Gasteiger partial charge in [0, 0.05) is 24.2 Å². The number of hydrogen-bond donors (Lipinski definition) is 1. The average molecular weight is 466 g/mol. The second-order valence-electron chi connectivity index (χ2n) is 8.91. The number of ketones is 1. The Morgan fingerprint density at radius 2 is 1.82 bits per heavy atom. The Balaban J connectivity index is 2.01. The minimum absolute atomic E-state index is 0.0361. The number of aryl methyl sites for hydroxylation is 1. The first-order valence-electron chi connectivity index (χ1n) is 11.3. The van der Waals surface area contributed by atoms with Crippen LogP contribution in [0.5, 0.6) is 0 Å². The number of aliphatic hydroxyl groups excluding tert-OH is 1. The quantitative estimate of drug-likeness (QED) is 0.403. The molecule has 1 saturated heterocycles. The molecule has 1 spiro atoms. The molecule has 1 N–H and O–H groups in total. The molecule has 8 heteroatoms. The second kappa shape index (κ2) is 8.68. The molecule has 0 radical (unpaired) electrons. The van der Waals surface area contributed by atoms with E-state index < -0.39 is 34.7 Å². The summed E-state index contributed by atoms with van der Waals surface area (Å²) >= 11 is 0. The lowest BCUT2D eigenvalue weighted by atomic mass is 9.81. The number of halogens is 1. The van der Waals surface area contributed by atoms with Crippen LogP contribution >= 0.6 is 0 Å². The van der Waals surface area contributed by atoms with E-state index in [9.17, 15) is 23.9 Å². The number of carbonyl (C=O) groups is 3. The number of rotatable bonds is 6. The molecule has 0 aliphatic carbocycles. The van der Waals surface area contributed by atoms with Crippen LogP contribution in [-0.2, 0) is 19.9 Å². The van der Waals surface area contributed by atoms with Crippen LogP contribution in [0.4, 0.5) is 10.1 Å². The first-order chi connectivity index (χ1) is 16.2. The van der Waals surface area contributed by atoms with Gasteiger partial charge in [0.1, 0.15) is 11.6 Å². The molecule has 2 aromatic carbocycles. The Kier molecular flexibility index (Phi) is 6.03. The van der Waals surface area contributed by atoms with E-state index >= 15 is 0 Å². The number of anilines is 1. The van der Waals surface area contributed by atoms with E-state index in [1.807, 2.05) is 19.0 Å². The maximum absolute atomic E-state index is 14.3. The van der Waals surface area contributed by atoms with Crippen molar-refractivity contribution in [1.82, 2.24) is 9.80 Å². The van der Waals surface area contributed by atoms with Crippen LogP contribution in [0, 0.1) is 12.7 Å². The highest BCUT2D eigenvalue weighted by molar-refractivity contribution is 6.50. The maximum Gasteiger partial charge on any atom is 0.296 e. The van der Waals surface area contributed by atoms with E-state index in [-0.39, 0.29) is 17.7 Å². The van der Waals surface area contributed by atoms with E-state index in [1.165, 1.54) is 21.9 Å². The third kappa shape index (κ3) is 3.32. The van der Waals surface area contributed by atoms with Crippen LogP contribution in [-0.4, -0.2) is 66.2 Å². The monoisotopic (exact) mass is 465 g/mol. The van der Waals surface area contributed by atoms with Gasteiger partial charge in [-0.1, -0.05) is 30.3 Å². The molecule has 0 aromatic heterocycles. The molecule has 2 heterocycles. The summed E-state index contributed by atoms with van der Waals surface area (Å²) in [6, 6.07) is 11.0. The van der Waals surface area contributed by atoms with Gasteiger partial charge in [0.25, 0.3) is 17.6 Å². The summed E-state index contributed by atoms with van der Waals surface area (Å²) in [5, 5.41) is 11.3. The Hall–Kier alpha value is -3.52. The SMILES string of the molecule is CCN1C(=O)C2(C(=C(O)c3ccc(C)c(F)c3)C(=O)C(=O)N2CCCN(C)C)c2ccccc21. The van der Waals surface area contributed by atoms with Crippen molar-refractivity contribution in [3.8, 4) is 0 Å². The Morgan fingerprint density at radius 1 is 1.12 bits per heavy atom. The molecular formula is C26H28FN3O4. The highest BCUT2D eigenvalue weighted by Gasteiger charge is 2.66. The Bertz CT molecular complexity index is 1220. The van der Waals surface area contributed by atoms with Crippen LogP contribution < -0.4 is 4.90 Å². The third-order valence-electron chi connectivity index (χ3n) is 6.56. The molecule has 7 nitrogen and oxygen atoms in total. The van der Waals surface area contributed by atoms with Crippen LogP contribution in [0.2, 0.25) is 0 Å². The summed E-state index contributed by atoms with van der Waals surface area (Å²) in [4.78, 5) is 45.5. The van der Waals surface area contributed by atoms with Crippen molar-refractivity contribution in [3.05, 3.63) is 70.5 Å². The third-order valence-corrected chi connectivity index (χ3v) is 6.56. The molecule has 2 aromatic rings. The lowest BCUT2D eigenvalue weighted by Crippen LogP contribution is -2.52. The minimum Gasteiger partial charge on any atom is -0.507 e. The molecular weight excluding hydrogens is 437 g/mol. The van der Waals surface area contributed by atoms with Gasteiger partial charge in [-0.2, -0.15) is 0 Å². The van der Waals surface area contributed by atoms with Crippen LogP contribution in [0.25, 0.3) is 5.76 Å². The summed E-state index contributed by atoms with van der Waals surface area (Å²) in [5.41, 5.74) is -0.684. The fourth-order valence-corrected chi connectivity index (χ4v) is 4.91. The van der Waals surface area contributed by atoms with Crippen LogP contribution in [0.1, 0.15) is 30.0 Å². The number of Topliss-reactive ketones (excluding diaryl/α,β-unsaturated/α-hetero) is 1. The van der Waals surface area contributed by atoms with Gasteiger partial charge in [-0.3, -0.25) is 14.4 Å². The minimum atomic E-state index is -1.81. The molecule has 4 rings (SSSR count). The largest absolute Gasteiger partial charge is 0.507 e. The molecule has 1 unspecified atom stereocenters. The van der Waals surface area contributed by atoms with Crippen LogP contribution in [0.15, 0.2) is 48.0 Å². The molecule has 1 fully saturated rings. The van der Waals surface area contributed by atoms with Gasteiger partial charge in [-0.05, 0) is 58.6 Å². The van der Waals surface area contributed by atoms with Crippen molar-refractivity contribution in [1.29, 1.82) is 0 Å². The number of para-hydroxylation sites is 1. The molecule has 2 amide bonds. The number of amides is 2. The van der Waals surface area contributed by atoms with Crippen molar-refractivity contribution in [3.63, 3.8) is 0 Å². The van der Waals surface area contributed by atoms with Gasteiger partial charge in [0.2, 0.25) is 0 Å². The first-order valence-corrected chi connectivity index (χ1v) is 11.3. The predicted octanol–water partition coefficient (Wildman–Crippen LogP) is 3.03. The number of nitrogens with zero attached hydrogens (tertiary/aromatic N) is 3. The smallest absolute Gasteiger partial charge is 0.296 e. The van der Waals surface area contributed by atoms with Crippen LogP contribution in [0.3, 0.4) is 0 Å². The zero-order valence-electron chi connectivity index (χ0n) is 19.8. The maximum atomic E-state index is 14.3. The van der Waals surface area contributed by atoms with Gasteiger partial charge in [0.05, 0.1) is 11.3 Å². The van der Waals surface area contributed by atoms with Crippen molar-refractivity contribution in [2.75, 3.05) is 38.6 Å². The summed E-state index contributed by atoms with van der Waals surface area (Å²) in [6.45, 7) is 4.48. The zero-order chi connectivity index (χ0) is 24.8. The summed E-state index contributed by atoms with van der Waals surface area (Å²) in [5.74, 6) is -3.41. The normalized spacial score (nSPS) is 21.3. The molecule has 2 aliphatic heterocycles. The van der Waals surface area contributed by atoms with Crippen molar-refractivity contribution in [2.45, 2.75) is 25.8 Å². The number of hydrogen-bond acceptors (Lipinski definition) is 5. The zero-order valence-corrected chi connectivity index (χ0v) is 19.8. The van der Waals surface area contributed by atoms with Crippen molar-refractivity contribution in [2.24, 2.45) is 0 Å². The molecule has 2 aliphatic rings. The molecule has 34 heavy (non-hydrogen) atoms. The highest BCUT2D eigenvalue weighted by atomic mass is 19.1. The van der Waals surface area contributed by atoms with Gasteiger partial charge in [-0.15, -0.1) is 0 Å². The van der Waals surface area contributed by atoms with Gasteiger partial charge in [-0.25, -0.2) is 4.39 Å². The Morgan fingerprint density at radius 3 is 2.47 bits per heavy atom. The molecule has 1 atom stereocenters. The molecule has 178 valence electrons. The predicted molar refractivity (Wildman–Crippen MR) is 127 cm³/mol. The summed E-state index contributed by atoms with van der Waals surface area (Å²) in [6.07, 6.45) is 0.516. The fraction of sp³-hybridized carbons (Fsp3) is 0.346.